The monoisotopic (exact) mass is 186 g/mol. The normalized spacial score (nSPS) is 20.7. The molecule has 0 heterocycles. The molecule has 0 saturated heterocycles. The highest BCUT2D eigenvalue weighted by Gasteiger charge is 2.30. The van der Waals surface area contributed by atoms with Crippen molar-refractivity contribution in [2.45, 2.75) is 21.8 Å². The van der Waals surface area contributed by atoms with Crippen molar-refractivity contribution < 1.29 is 0 Å². The van der Waals surface area contributed by atoms with Crippen molar-refractivity contribution in [3.05, 3.63) is 48.6 Å². The fourth-order valence-corrected chi connectivity index (χ4v) is 5.53. The van der Waals surface area contributed by atoms with Crippen LogP contribution in [0.5, 0.6) is 0 Å². The molecule has 0 fully saturated rings. The maximum atomic E-state index is 2.38. The molecule has 0 atom stereocenters. The Bertz CT molecular complexity index is 231. The maximum Gasteiger partial charge on any atom is 0.289 e. The Morgan fingerprint density at radius 3 is 1.54 bits per heavy atom. The van der Waals surface area contributed by atoms with Gasteiger partial charge in [0.05, 0.1) is 0 Å². The maximum absolute atomic E-state index is 2.38. The van der Waals surface area contributed by atoms with Crippen LogP contribution in [0.25, 0.3) is 0 Å². The van der Waals surface area contributed by atoms with Crippen LogP contribution in [-0.4, -0.2) is 14.1 Å². The molecule has 0 aromatic rings. The van der Waals surface area contributed by atoms with Gasteiger partial charge in [0.2, 0.25) is 0 Å². The number of rotatable bonds is 3. The van der Waals surface area contributed by atoms with Crippen LogP contribution in [0.1, 0.15) is 6.92 Å². The molecule has 66 valence electrons. The molecule has 0 aromatic carbocycles. The molecule has 0 bridgehead atoms. The molecule has 0 N–H and O–H groups in total. The molecule has 0 unspecified atom stereocenters. The Kier molecular flexibility index (Phi) is 2.88. The highest BCUT2D eigenvalue weighted by Crippen LogP contribution is 2.33. The van der Waals surface area contributed by atoms with E-state index in [9.17, 15) is 0 Å². The molecule has 0 spiro atoms. The third kappa shape index (κ3) is 1.88. The lowest BCUT2D eigenvalue weighted by Gasteiger charge is -2.17. The second kappa shape index (κ2) is 4.13. The van der Waals surface area contributed by atoms with Gasteiger partial charge in [-0.15, -0.1) is 0 Å². The lowest BCUT2D eigenvalue weighted by molar-refractivity contribution is 1.17. The van der Waals surface area contributed by atoms with Gasteiger partial charge in [-0.3, -0.25) is 0 Å². The summed E-state index contributed by atoms with van der Waals surface area (Å²) < 4.78 is 1.59. The number of allylic oxidation sites excluding steroid dienone is 8. The average Bonchev–Trinajstić information content (AvgIpc) is 2.76. The summed E-state index contributed by atoms with van der Waals surface area (Å²) in [5.41, 5.74) is 0. The van der Waals surface area contributed by atoms with Gasteiger partial charge in [0, 0.05) is 0 Å². The Hall–Kier alpha value is -0.508. The van der Waals surface area contributed by atoms with Crippen LogP contribution in [0.3, 0.4) is 0 Å². The van der Waals surface area contributed by atoms with Crippen LogP contribution >= 0.6 is 0 Å². The zero-order valence-corrected chi connectivity index (χ0v) is 9.21. The minimum atomic E-state index is -0.665. The summed E-state index contributed by atoms with van der Waals surface area (Å²) in [6, 6.07) is 0. The first-order chi connectivity index (χ1) is 6.42. The quantitative estimate of drug-likeness (QED) is 0.592. The molecular formula is C12H15Al. The Morgan fingerprint density at radius 2 is 1.23 bits per heavy atom. The van der Waals surface area contributed by atoms with Gasteiger partial charge in [0.15, 0.2) is 0 Å². The average molecular weight is 186 g/mol. The van der Waals surface area contributed by atoms with Crippen LogP contribution in [-0.2, 0) is 0 Å². The van der Waals surface area contributed by atoms with E-state index in [1.807, 2.05) is 0 Å². The lowest BCUT2D eigenvalue weighted by atomic mass is 10.4. The highest BCUT2D eigenvalue weighted by molar-refractivity contribution is 6.64. The van der Waals surface area contributed by atoms with Crippen molar-refractivity contribution in [3.8, 4) is 0 Å². The largest absolute Gasteiger partial charge is 0.289 e. The number of hydrogen-bond donors (Lipinski definition) is 0. The smallest absolute Gasteiger partial charge is 0.0955 e. The SMILES string of the molecule is C[CH2][Al]([CH]1C=CC=C1)[CH]1C=CC=C1. The van der Waals surface area contributed by atoms with E-state index in [1.54, 1.807) is 0 Å². The molecule has 0 saturated carbocycles. The van der Waals surface area contributed by atoms with Crippen LogP contribution in [0.15, 0.2) is 48.6 Å². The predicted octanol–water partition coefficient (Wildman–Crippen LogP) is 3.49. The van der Waals surface area contributed by atoms with E-state index in [0.717, 1.165) is 9.56 Å². The molecule has 1 heteroatoms. The summed E-state index contributed by atoms with van der Waals surface area (Å²) in [5, 5.41) is 1.39. The molecule has 0 radical (unpaired) electrons. The van der Waals surface area contributed by atoms with Crippen LogP contribution < -0.4 is 0 Å². The molecule has 2 rings (SSSR count). The van der Waals surface area contributed by atoms with Crippen molar-refractivity contribution in [1.29, 1.82) is 0 Å². The van der Waals surface area contributed by atoms with Crippen LogP contribution in [0.2, 0.25) is 14.8 Å². The molecule has 0 aliphatic heterocycles. The predicted molar refractivity (Wildman–Crippen MR) is 60.3 cm³/mol. The minimum absolute atomic E-state index is 0.665. The van der Waals surface area contributed by atoms with E-state index < -0.39 is 14.1 Å². The first kappa shape index (κ1) is 9.06. The molecular weight excluding hydrogens is 171 g/mol. The van der Waals surface area contributed by atoms with Gasteiger partial charge in [-0.25, -0.2) is 0 Å². The zero-order chi connectivity index (χ0) is 9.10. The van der Waals surface area contributed by atoms with E-state index in [1.165, 1.54) is 5.28 Å². The van der Waals surface area contributed by atoms with Crippen molar-refractivity contribution in [2.24, 2.45) is 0 Å². The summed E-state index contributed by atoms with van der Waals surface area (Å²) in [5.74, 6) is 0. The van der Waals surface area contributed by atoms with E-state index in [0.29, 0.717) is 0 Å². The van der Waals surface area contributed by atoms with E-state index in [2.05, 4.69) is 55.5 Å². The van der Waals surface area contributed by atoms with Crippen molar-refractivity contribution in [3.63, 3.8) is 0 Å². The topological polar surface area (TPSA) is 0 Å². The molecule has 0 aromatic heterocycles. The fraction of sp³-hybridized carbons (Fsp3) is 0.333. The Labute approximate surface area is 84.7 Å². The summed E-state index contributed by atoms with van der Waals surface area (Å²) in [7, 11) is 0. The zero-order valence-electron chi connectivity index (χ0n) is 8.06. The van der Waals surface area contributed by atoms with Crippen molar-refractivity contribution in [1.82, 2.24) is 0 Å². The van der Waals surface area contributed by atoms with Crippen molar-refractivity contribution >= 4 is 14.1 Å². The first-order valence-electron chi connectivity index (χ1n) is 5.12. The molecule has 2 aliphatic rings. The van der Waals surface area contributed by atoms with Gasteiger partial charge in [0.25, 0.3) is 14.1 Å². The molecule has 0 amide bonds. The first-order valence-corrected chi connectivity index (χ1v) is 7.27. The third-order valence-electron chi connectivity index (χ3n) is 3.02. The van der Waals surface area contributed by atoms with Crippen molar-refractivity contribution in [2.75, 3.05) is 0 Å². The van der Waals surface area contributed by atoms with Gasteiger partial charge >= 0.3 is 0 Å². The minimum Gasteiger partial charge on any atom is -0.0955 e. The third-order valence-corrected chi connectivity index (χ3v) is 6.82. The fourth-order valence-electron chi connectivity index (χ4n) is 2.27. The van der Waals surface area contributed by atoms with Gasteiger partial charge < -0.3 is 0 Å². The second-order valence-electron chi connectivity index (χ2n) is 3.77. The molecule has 13 heavy (non-hydrogen) atoms. The summed E-state index contributed by atoms with van der Waals surface area (Å²) in [4.78, 5) is 0. The van der Waals surface area contributed by atoms with E-state index in [4.69, 9.17) is 0 Å². The lowest BCUT2D eigenvalue weighted by Crippen LogP contribution is -2.20. The summed E-state index contributed by atoms with van der Waals surface area (Å²) >= 11 is -0.665. The van der Waals surface area contributed by atoms with Gasteiger partial charge in [-0.05, 0) is 9.56 Å². The highest BCUT2D eigenvalue weighted by atomic mass is 27.2. The standard InChI is InChI=1S/2C5H5.C2H5.Al/c2*1-2-4-5-3-1;1-2;/h2*1-5H;1H2,2H3;. The van der Waals surface area contributed by atoms with Gasteiger partial charge in [-0.2, -0.15) is 0 Å². The Morgan fingerprint density at radius 1 is 0.846 bits per heavy atom. The molecule has 0 nitrogen and oxygen atoms in total. The van der Waals surface area contributed by atoms with E-state index in [-0.39, 0.29) is 0 Å². The Balaban J connectivity index is 2.08. The van der Waals surface area contributed by atoms with Crippen LogP contribution in [0, 0.1) is 0 Å². The van der Waals surface area contributed by atoms with E-state index >= 15 is 0 Å². The summed E-state index contributed by atoms with van der Waals surface area (Å²) in [6.07, 6.45) is 18.3. The van der Waals surface area contributed by atoms with Gasteiger partial charge in [-0.1, -0.05) is 60.8 Å². The second-order valence-corrected chi connectivity index (χ2v) is 7.45. The van der Waals surface area contributed by atoms with Gasteiger partial charge in [0.1, 0.15) is 0 Å². The number of hydrogen-bond acceptors (Lipinski definition) is 0. The molecule has 2 aliphatic carbocycles. The van der Waals surface area contributed by atoms with Crippen LogP contribution in [0.4, 0.5) is 0 Å². The summed E-state index contributed by atoms with van der Waals surface area (Å²) in [6.45, 7) is 2.34.